The number of hydrogen-bond donors (Lipinski definition) is 1. The van der Waals surface area contributed by atoms with Crippen molar-refractivity contribution in [2.75, 3.05) is 5.75 Å². The summed E-state index contributed by atoms with van der Waals surface area (Å²) in [4.78, 5) is 1.07. The van der Waals surface area contributed by atoms with Crippen LogP contribution < -0.4 is 0 Å². The molecule has 1 saturated carbocycles. The SMILES string of the molecule is CC(C)(C)C1CCC(C(O)CSc2ccccc2Cl)CC1. The van der Waals surface area contributed by atoms with Crippen molar-refractivity contribution >= 4 is 23.4 Å². The fourth-order valence-electron chi connectivity index (χ4n) is 3.24. The van der Waals surface area contributed by atoms with Crippen LogP contribution in [0, 0.1) is 17.3 Å². The zero-order valence-electron chi connectivity index (χ0n) is 13.3. The molecule has 21 heavy (non-hydrogen) atoms. The van der Waals surface area contributed by atoms with Gasteiger partial charge < -0.3 is 5.11 Å². The number of aliphatic hydroxyl groups is 1. The molecule has 0 aliphatic heterocycles. The molecule has 0 saturated heterocycles. The average molecular weight is 327 g/mol. The molecule has 1 aromatic carbocycles. The lowest BCUT2D eigenvalue weighted by atomic mass is 9.69. The van der Waals surface area contributed by atoms with Crippen molar-refractivity contribution in [3.05, 3.63) is 29.3 Å². The Morgan fingerprint density at radius 2 is 1.81 bits per heavy atom. The monoisotopic (exact) mass is 326 g/mol. The predicted molar refractivity (Wildman–Crippen MR) is 93.1 cm³/mol. The summed E-state index contributed by atoms with van der Waals surface area (Å²) < 4.78 is 0. The van der Waals surface area contributed by atoms with E-state index in [-0.39, 0.29) is 6.10 Å². The largest absolute Gasteiger partial charge is 0.392 e. The van der Waals surface area contributed by atoms with Crippen molar-refractivity contribution in [3.8, 4) is 0 Å². The van der Waals surface area contributed by atoms with Gasteiger partial charge in [0.2, 0.25) is 0 Å². The van der Waals surface area contributed by atoms with E-state index in [0.717, 1.165) is 34.4 Å². The minimum Gasteiger partial charge on any atom is -0.392 e. The van der Waals surface area contributed by atoms with Gasteiger partial charge in [-0.15, -0.1) is 11.8 Å². The Labute approximate surface area is 138 Å². The maximum Gasteiger partial charge on any atom is 0.0662 e. The molecule has 1 nitrogen and oxygen atoms in total. The van der Waals surface area contributed by atoms with Gasteiger partial charge in [-0.25, -0.2) is 0 Å². The lowest BCUT2D eigenvalue weighted by Crippen LogP contribution is -2.31. The minimum absolute atomic E-state index is 0.216. The summed E-state index contributed by atoms with van der Waals surface area (Å²) in [6.07, 6.45) is 4.61. The smallest absolute Gasteiger partial charge is 0.0662 e. The molecule has 1 unspecified atom stereocenters. The summed E-state index contributed by atoms with van der Waals surface area (Å²) in [5.41, 5.74) is 0.405. The van der Waals surface area contributed by atoms with Crippen molar-refractivity contribution in [2.45, 2.75) is 57.5 Å². The second kappa shape index (κ2) is 7.39. The van der Waals surface area contributed by atoms with Crippen LogP contribution in [0.3, 0.4) is 0 Å². The van der Waals surface area contributed by atoms with Crippen LogP contribution in [-0.4, -0.2) is 17.0 Å². The highest BCUT2D eigenvalue weighted by Gasteiger charge is 2.32. The maximum absolute atomic E-state index is 10.5. The van der Waals surface area contributed by atoms with Crippen molar-refractivity contribution < 1.29 is 5.11 Å². The summed E-state index contributed by atoms with van der Waals surface area (Å²) in [6, 6.07) is 7.87. The molecule has 0 aromatic heterocycles. The summed E-state index contributed by atoms with van der Waals surface area (Å²) in [5.74, 6) is 2.00. The van der Waals surface area contributed by atoms with Gasteiger partial charge in [0.1, 0.15) is 0 Å². The van der Waals surface area contributed by atoms with Crippen molar-refractivity contribution in [1.82, 2.24) is 0 Å². The number of hydrogen-bond acceptors (Lipinski definition) is 2. The zero-order valence-corrected chi connectivity index (χ0v) is 14.9. The Hall–Kier alpha value is -0.180. The molecule has 3 heteroatoms. The quantitative estimate of drug-likeness (QED) is 0.722. The topological polar surface area (TPSA) is 20.2 Å². The number of halogens is 1. The van der Waals surface area contributed by atoms with Crippen molar-refractivity contribution in [1.29, 1.82) is 0 Å². The van der Waals surface area contributed by atoms with Crippen LogP contribution in [0.2, 0.25) is 5.02 Å². The molecule has 118 valence electrons. The Balaban J connectivity index is 1.80. The van der Waals surface area contributed by atoms with E-state index >= 15 is 0 Å². The predicted octanol–water partition coefficient (Wildman–Crippen LogP) is 5.65. The van der Waals surface area contributed by atoms with Crippen LogP contribution in [0.4, 0.5) is 0 Å². The third-order valence-electron chi connectivity index (χ3n) is 4.79. The first-order chi connectivity index (χ1) is 9.88. The first-order valence-electron chi connectivity index (χ1n) is 7.93. The first kappa shape index (κ1) is 17.2. The average Bonchev–Trinajstić information content (AvgIpc) is 2.45. The van der Waals surface area contributed by atoms with E-state index in [2.05, 4.69) is 20.8 Å². The normalized spacial score (nSPS) is 24.8. The molecular weight excluding hydrogens is 300 g/mol. The fraction of sp³-hybridized carbons (Fsp3) is 0.667. The van der Waals surface area contributed by atoms with E-state index in [0.29, 0.717) is 11.3 Å². The summed E-state index contributed by atoms with van der Waals surface area (Å²) >= 11 is 7.83. The Bertz CT molecular complexity index is 447. The van der Waals surface area contributed by atoms with Gasteiger partial charge in [-0.3, -0.25) is 0 Å². The highest BCUT2D eigenvalue weighted by atomic mass is 35.5. The fourth-order valence-corrected chi connectivity index (χ4v) is 4.55. The van der Waals surface area contributed by atoms with Crippen LogP contribution in [0.15, 0.2) is 29.2 Å². The highest BCUT2D eigenvalue weighted by molar-refractivity contribution is 7.99. The lowest BCUT2D eigenvalue weighted by molar-refractivity contribution is 0.0674. The van der Waals surface area contributed by atoms with Crippen LogP contribution in [0.1, 0.15) is 46.5 Å². The summed E-state index contributed by atoms with van der Waals surface area (Å²) in [7, 11) is 0. The third kappa shape index (κ3) is 4.91. The maximum atomic E-state index is 10.5. The molecule has 0 spiro atoms. The Kier molecular flexibility index (Phi) is 6.05. The van der Waals surface area contributed by atoms with Crippen LogP contribution in [0.25, 0.3) is 0 Å². The molecular formula is C18H27ClOS. The molecule has 1 aliphatic rings. The van der Waals surface area contributed by atoms with Crippen LogP contribution in [0.5, 0.6) is 0 Å². The Morgan fingerprint density at radius 1 is 1.19 bits per heavy atom. The van der Waals surface area contributed by atoms with Gasteiger partial charge in [-0.2, -0.15) is 0 Å². The van der Waals surface area contributed by atoms with Gasteiger partial charge in [0.15, 0.2) is 0 Å². The van der Waals surface area contributed by atoms with Gasteiger partial charge >= 0.3 is 0 Å². The van der Waals surface area contributed by atoms with E-state index < -0.39 is 0 Å². The van der Waals surface area contributed by atoms with E-state index in [9.17, 15) is 5.11 Å². The third-order valence-corrected chi connectivity index (χ3v) is 6.40. The molecule has 2 rings (SSSR count). The van der Waals surface area contributed by atoms with E-state index in [1.807, 2.05) is 24.3 Å². The van der Waals surface area contributed by atoms with E-state index in [1.165, 1.54) is 12.8 Å². The minimum atomic E-state index is -0.216. The number of rotatable bonds is 4. The second-order valence-electron chi connectivity index (χ2n) is 7.29. The molecule has 1 aromatic rings. The molecule has 0 bridgehead atoms. The highest BCUT2D eigenvalue weighted by Crippen LogP contribution is 2.41. The van der Waals surface area contributed by atoms with E-state index in [4.69, 9.17) is 11.6 Å². The van der Waals surface area contributed by atoms with E-state index in [1.54, 1.807) is 11.8 Å². The van der Waals surface area contributed by atoms with Crippen LogP contribution in [-0.2, 0) is 0 Å². The first-order valence-corrected chi connectivity index (χ1v) is 9.29. The molecule has 1 fully saturated rings. The summed E-state index contributed by atoms with van der Waals surface area (Å²) in [5, 5.41) is 11.2. The van der Waals surface area contributed by atoms with Crippen molar-refractivity contribution in [2.24, 2.45) is 17.3 Å². The van der Waals surface area contributed by atoms with Gasteiger partial charge in [-0.05, 0) is 55.1 Å². The molecule has 0 heterocycles. The second-order valence-corrected chi connectivity index (χ2v) is 8.76. The molecule has 0 amide bonds. The zero-order chi connectivity index (χ0) is 15.5. The van der Waals surface area contributed by atoms with Gasteiger partial charge in [0, 0.05) is 10.6 Å². The number of aliphatic hydroxyl groups excluding tert-OH is 1. The van der Waals surface area contributed by atoms with Crippen molar-refractivity contribution in [3.63, 3.8) is 0 Å². The molecule has 1 N–H and O–H groups in total. The molecule has 0 radical (unpaired) electrons. The molecule has 1 atom stereocenters. The van der Waals surface area contributed by atoms with Gasteiger partial charge in [0.05, 0.1) is 11.1 Å². The Morgan fingerprint density at radius 3 is 2.38 bits per heavy atom. The number of thioether (sulfide) groups is 1. The van der Waals surface area contributed by atoms with Gasteiger partial charge in [0.25, 0.3) is 0 Å². The molecule has 1 aliphatic carbocycles. The lowest BCUT2D eigenvalue weighted by Gasteiger charge is -2.38. The summed E-state index contributed by atoms with van der Waals surface area (Å²) in [6.45, 7) is 7.00. The standard InChI is InChI=1S/C18H27ClOS/c1-18(2,3)14-10-8-13(9-11-14)16(20)12-21-17-7-5-4-6-15(17)19/h4-7,13-14,16,20H,8-12H2,1-3H3. The van der Waals surface area contributed by atoms with Gasteiger partial charge in [-0.1, -0.05) is 44.5 Å². The van der Waals surface area contributed by atoms with Crippen LogP contribution >= 0.6 is 23.4 Å². The number of benzene rings is 1.